The first-order valence-corrected chi connectivity index (χ1v) is 17.3. The van der Waals surface area contributed by atoms with Gasteiger partial charge in [-0.05, 0) is 55.7 Å². The van der Waals surface area contributed by atoms with Gasteiger partial charge in [0.25, 0.3) is 10.0 Å². The second kappa shape index (κ2) is 13.1. The fourth-order valence-electron chi connectivity index (χ4n) is 4.98. The molecule has 0 spiro atoms. The van der Waals surface area contributed by atoms with E-state index >= 15 is 0 Å². The number of H-pyrrole nitrogens is 1. The van der Waals surface area contributed by atoms with E-state index in [0.29, 0.717) is 30.9 Å². The maximum Gasteiger partial charge on any atom is 0.264 e. The molecule has 2 aromatic carbocycles. The predicted molar refractivity (Wildman–Crippen MR) is 161 cm³/mol. The van der Waals surface area contributed by atoms with Crippen molar-refractivity contribution >= 4 is 48.9 Å². The summed E-state index contributed by atoms with van der Waals surface area (Å²) in [7, 11) is 0.210. The molecule has 0 aliphatic carbocycles. The maximum absolute atomic E-state index is 13.5. The molecule has 5 rings (SSSR count). The number of unbranched alkanes of at least 4 members (excludes halogenated alkanes) is 1. The lowest BCUT2D eigenvalue weighted by Crippen LogP contribution is -2.48. The normalized spacial score (nSPS) is 17.9. The number of hydrogen-bond acceptors (Lipinski definition) is 7. The molecule has 1 unspecified atom stereocenters. The Hall–Kier alpha value is -2.63. The van der Waals surface area contributed by atoms with Gasteiger partial charge in [-0.2, -0.15) is 0 Å². The Bertz CT molecular complexity index is 1290. The van der Waals surface area contributed by atoms with E-state index in [1.54, 1.807) is 42.9 Å². The summed E-state index contributed by atoms with van der Waals surface area (Å²) in [6, 6.07) is 16.1. The molecular weight excluding hydrogens is 551 g/mol. The number of piperazine rings is 1. The van der Waals surface area contributed by atoms with Gasteiger partial charge in [-0.15, -0.1) is 0 Å². The van der Waals surface area contributed by atoms with Gasteiger partial charge in [-0.3, -0.25) is 9.10 Å². The number of aromatic nitrogens is 2. The SMILES string of the molecule is O=C(CCCCC1CCSS1)N1CCN(c2ccc(N(Cc3cnc[nH]3)S(=O)(=O)c3ccccc3)cc2)CC1. The van der Waals surface area contributed by atoms with Crippen LogP contribution in [-0.2, 0) is 21.4 Å². The number of hydrogen-bond donors (Lipinski definition) is 1. The first-order chi connectivity index (χ1) is 19.0. The van der Waals surface area contributed by atoms with Crippen molar-refractivity contribution in [1.29, 1.82) is 0 Å². The van der Waals surface area contributed by atoms with E-state index in [0.717, 1.165) is 36.9 Å². The minimum absolute atomic E-state index is 0.149. The minimum atomic E-state index is -3.77. The summed E-state index contributed by atoms with van der Waals surface area (Å²) in [5.74, 6) is 1.52. The van der Waals surface area contributed by atoms with Crippen molar-refractivity contribution in [2.24, 2.45) is 0 Å². The molecule has 1 N–H and O–H groups in total. The summed E-state index contributed by atoms with van der Waals surface area (Å²) in [6.07, 6.45) is 8.46. The van der Waals surface area contributed by atoms with Crippen LogP contribution in [0, 0.1) is 0 Å². The lowest BCUT2D eigenvalue weighted by Gasteiger charge is -2.36. The van der Waals surface area contributed by atoms with Crippen LogP contribution >= 0.6 is 21.6 Å². The smallest absolute Gasteiger partial charge is 0.264 e. The third-order valence-corrected chi connectivity index (χ3v) is 12.0. The molecule has 8 nitrogen and oxygen atoms in total. The summed E-state index contributed by atoms with van der Waals surface area (Å²) in [5.41, 5.74) is 2.31. The number of nitrogens with one attached hydrogen (secondary N) is 1. The Kier molecular flexibility index (Phi) is 9.41. The zero-order chi connectivity index (χ0) is 27.1. The first kappa shape index (κ1) is 27.9. The third kappa shape index (κ3) is 7.12. The van der Waals surface area contributed by atoms with Crippen molar-refractivity contribution < 1.29 is 13.2 Å². The molecule has 0 saturated carbocycles. The molecule has 1 amide bonds. The van der Waals surface area contributed by atoms with E-state index in [2.05, 4.69) is 14.9 Å². The van der Waals surface area contributed by atoms with Gasteiger partial charge in [-0.25, -0.2) is 13.4 Å². The van der Waals surface area contributed by atoms with Gasteiger partial charge in [0.15, 0.2) is 0 Å². The van der Waals surface area contributed by atoms with Crippen LogP contribution in [0.4, 0.5) is 11.4 Å². The van der Waals surface area contributed by atoms with E-state index in [-0.39, 0.29) is 17.3 Å². The van der Waals surface area contributed by atoms with Gasteiger partial charge >= 0.3 is 0 Å². The molecule has 208 valence electrons. The van der Waals surface area contributed by atoms with Crippen LogP contribution in [-0.4, -0.2) is 66.4 Å². The Morgan fingerprint density at radius 1 is 1.03 bits per heavy atom. The van der Waals surface area contributed by atoms with Gasteiger partial charge < -0.3 is 14.8 Å². The van der Waals surface area contributed by atoms with Gasteiger partial charge in [-0.1, -0.05) is 46.2 Å². The topological polar surface area (TPSA) is 89.6 Å². The van der Waals surface area contributed by atoms with E-state index in [1.165, 1.54) is 22.9 Å². The van der Waals surface area contributed by atoms with Gasteiger partial charge in [0, 0.05) is 55.5 Å². The molecule has 11 heteroatoms. The summed E-state index contributed by atoms with van der Waals surface area (Å²) in [6.45, 7) is 3.10. The van der Waals surface area contributed by atoms with Crippen LogP contribution in [0.25, 0.3) is 0 Å². The average Bonchev–Trinajstić information content (AvgIpc) is 3.69. The molecule has 2 aliphatic heterocycles. The number of sulfonamides is 1. The van der Waals surface area contributed by atoms with Crippen molar-refractivity contribution in [2.45, 2.75) is 48.8 Å². The Labute approximate surface area is 239 Å². The molecule has 0 radical (unpaired) electrons. The Morgan fingerprint density at radius 2 is 1.79 bits per heavy atom. The van der Waals surface area contributed by atoms with Gasteiger partial charge in [0.05, 0.1) is 29.1 Å². The van der Waals surface area contributed by atoms with Crippen molar-refractivity contribution in [3.05, 3.63) is 72.8 Å². The van der Waals surface area contributed by atoms with E-state index in [9.17, 15) is 13.2 Å². The van der Waals surface area contributed by atoms with Crippen molar-refractivity contribution in [3.8, 4) is 0 Å². The number of carbonyl (C=O) groups is 1. The largest absolute Gasteiger partial charge is 0.368 e. The minimum Gasteiger partial charge on any atom is -0.368 e. The standard InChI is InChI=1S/C28H35N5O3S3/c34-28(9-5-4-6-26-14-19-37-38-26)32-17-15-31(16-18-32)24-10-12-25(13-11-24)33(21-23-20-29-22-30-23)39(35,36)27-7-2-1-3-8-27/h1-3,7-8,10-13,20,22,26H,4-6,9,14-19,21H2,(H,29,30). The molecule has 2 aliphatic rings. The molecule has 3 heterocycles. The van der Waals surface area contributed by atoms with Gasteiger partial charge in [0.2, 0.25) is 5.91 Å². The predicted octanol–water partition coefficient (Wildman–Crippen LogP) is 5.17. The van der Waals surface area contributed by atoms with Crippen molar-refractivity contribution in [1.82, 2.24) is 14.9 Å². The highest BCUT2D eigenvalue weighted by molar-refractivity contribution is 8.77. The number of imidazole rings is 1. The lowest BCUT2D eigenvalue weighted by molar-refractivity contribution is -0.131. The average molecular weight is 586 g/mol. The summed E-state index contributed by atoms with van der Waals surface area (Å²) in [4.78, 5) is 24.3. The van der Waals surface area contributed by atoms with Crippen LogP contribution in [0.3, 0.4) is 0 Å². The zero-order valence-electron chi connectivity index (χ0n) is 21.9. The first-order valence-electron chi connectivity index (χ1n) is 13.5. The number of benzene rings is 2. The van der Waals surface area contributed by atoms with E-state index in [4.69, 9.17) is 0 Å². The molecule has 1 atom stereocenters. The third-order valence-electron chi connectivity index (χ3n) is 7.23. The molecule has 39 heavy (non-hydrogen) atoms. The fraction of sp³-hybridized carbons (Fsp3) is 0.429. The van der Waals surface area contributed by atoms with Crippen LogP contribution in [0.2, 0.25) is 0 Å². The number of amides is 1. The highest BCUT2D eigenvalue weighted by Crippen LogP contribution is 2.40. The van der Waals surface area contributed by atoms with Crippen LogP contribution in [0.15, 0.2) is 72.0 Å². The molecular formula is C28H35N5O3S3. The van der Waals surface area contributed by atoms with Crippen molar-refractivity contribution in [3.63, 3.8) is 0 Å². The van der Waals surface area contributed by atoms with Crippen LogP contribution < -0.4 is 9.21 Å². The second-order valence-corrected chi connectivity index (χ2v) is 14.5. The van der Waals surface area contributed by atoms with E-state index < -0.39 is 10.0 Å². The number of nitrogens with zero attached hydrogens (tertiary/aromatic N) is 4. The number of carbonyl (C=O) groups excluding carboxylic acids is 1. The van der Waals surface area contributed by atoms with Crippen molar-refractivity contribution in [2.75, 3.05) is 41.1 Å². The maximum atomic E-state index is 13.5. The Morgan fingerprint density at radius 3 is 2.46 bits per heavy atom. The fourth-order valence-corrected chi connectivity index (χ4v) is 9.47. The lowest BCUT2D eigenvalue weighted by atomic mass is 10.1. The van der Waals surface area contributed by atoms with Gasteiger partial charge in [0.1, 0.15) is 0 Å². The molecule has 1 aromatic heterocycles. The number of aromatic amines is 1. The van der Waals surface area contributed by atoms with Crippen LogP contribution in [0.5, 0.6) is 0 Å². The summed E-state index contributed by atoms with van der Waals surface area (Å²) < 4.78 is 28.5. The molecule has 0 bridgehead atoms. The second-order valence-electron chi connectivity index (χ2n) is 9.86. The highest BCUT2D eigenvalue weighted by Gasteiger charge is 2.26. The molecule has 2 saturated heterocycles. The highest BCUT2D eigenvalue weighted by atomic mass is 33.1. The summed E-state index contributed by atoms with van der Waals surface area (Å²) in [5, 5.41) is 0.774. The van der Waals surface area contributed by atoms with Crippen LogP contribution in [0.1, 0.15) is 37.8 Å². The van der Waals surface area contributed by atoms with E-state index in [1.807, 2.05) is 50.8 Å². The number of rotatable bonds is 11. The number of anilines is 2. The monoisotopic (exact) mass is 585 g/mol. The Balaban J connectivity index is 1.18. The molecule has 3 aromatic rings. The summed E-state index contributed by atoms with van der Waals surface area (Å²) >= 11 is 0. The zero-order valence-corrected chi connectivity index (χ0v) is 24.4. The molecule has 2 fully saturated rings. The quantitative estimate of drug-likeness (QED) is 0.245.